The van der Waals surface area contributed by atoms with Crippen molar-refractivity contribution in [3.63, 3.8) is 0 Å². The molecule has 1 fully saturated rings. The molecule has 0 aliphatic heterocycles. The lowest BCUT2D eigenvalue weighted by molar-refractivity contribution is -0.139. The van der Waals surface area contributed by atoms with Crippen molar-refractivity contribution in [1.29, 1.82) is 0 Å². The summed E-state index contributed by atoms with van der Waals surface area (Å²) in [5.74, 6) is -1.28. The number of carboxylic acids is 1. The molecule has 4 heteroatoms. The second-order valence-electron chi connectivity index (χ2n) is 4.14. The SMILES string of the molecule is C1=CCCCC1.C=CC(=O)O.C=CC(=O)OC1CC1. The third-order valence-electron chi connectivity index (χ3n) is 2.31. The first-order valence-corrected chi connectivity index (χ1v) is 6.43. The van der Waals surface area contributed by atoms with Crippen LogP contribution in [0.5, 0.6) is 0 Å². The molecule has 2 aliphatic rings. The van der Waals surface area contributed by atoms with Crippen LogP contribution in [0.2, 0.25) is 0 Å². The Morgan fingerprint density at radius 2 is 1.58 bits per heavy atom. The van der Waals surface area contributed by atoms with Crippen LogP contribution in [0.25, 0.3) is 0 Å². The number of hydrogen-bond donors (Lipinski definition) is 1. The van der Waals surface area contributed by atoms with Crippen molar-refractivity contribution < 1.29 is 19.4 Å². The Morgan fingerprint density at radius 3 is 1.79 bits per heavy atom. The molecule has 0 unspecified atom stereocenters. The van der Waals surface area contributed by atoms with Crippen LogP contribution < -0.4 is 0 Å². The fourth-order valence-electron chi connectivity index (χ4n) is 1.16. The van der Waals surface area contributed by atoms with Crippen molar-refractivity contribution in [3.05, 3.63) is 37.5 Å². The predicted octanol–water partition coefficient (Wildman–Crippen LogP) is 3.25. The van der Waals surface area contributed by atoms with Crippen molar-refractivity contribution >= 4 is 11.9 Å². The van der Waals surface area contributed by atoms with Crippen molar-refractivity contribution in [1.82, 2.24) is 0 Å². The number of carboxylic acid groups (broad SMARTS) is 1. The van der Waals surface area contributed by atoms with E-state index in [1.807, 2.05) is 0 Å². The maximum Gasteiger partial charge on any atom is 0.330 e. The van der Waals surface area contributed by atoms with Gasteiger partial charge in [0.2, 0.25) is 0 Å². The molecule has 0 aromatic rings. The highest BCUT2D eigenvalue weighted by molar-refractivity contribution is 5.81. The summed E-state index contributed by atoms with van der Waals surface area (Å²) in [6.45, 7) is 6.23. The van der Waals surface area contributed by atoms with Gasteiger partial charge in [-0.15, -0.1) is 0 Å². The molecule has 0 bridgehead atoms. The van der Waals surface area contributed by atoms with Gasteiger partial charge < -0.3 is 9.84 Å². The summed E-state index contributed by atoms with van der Waals surface area (Å²) in [6.07, 6.45) is 14.3. The van der Waals surface area contributed by atoms with Crippen LogP contribution in [0.1, 0.15) is 38.5 Å². The van der Waals surface area contributed by atoms with Crippen molar-refractivity contribution in [2.24, 2.45) is 0 Å². The zero-order valence-corrected chi connectivity index (χ0v) is 11.2. The lowest BCUT2D eigenvalue weighted by atomic mass is 10.1. The van der Waals surface area contributed by atoms with Gasteiger partial charge in [-0.3, -0.25) is 0 Å². The Balaban J connectivity index is 0.000000265. The molecule has 1 saturated carbocycles. The molecule has 4 nitrogen and oxygen atoms in total. The van der Waals surface area contributed by atoms with Gasteiger partial charge in [-0.2, -0.15) is 0 Å². The standard InChI is InChI=1S/C6H8O2.C6H10.C3H4O2/c1-2-6(7)8-5-3-4-5;1-2-4-6-5-3-1;1-2-3(4)5/h2,5H,1,3-4H2;1-2H,3-6H2;2H,1H2,(H,4,5). The van der Waals surface area contributed by atoms with Gasteiger partial charge in [-0.05, 0) is 38.5 Å². The summed E-state index contributed by atoms with van der Waals surface area (Å²) >= 11 is 0. The summed E-state index contributed by atoms with van der Waals surface area (Å²) in [5.41, 5.74) is 0. The van der Waals surface area contributed by atoms with Gasteiger partial charge in [0.05, 0.1) is 0 Å². The zero-order chi connectivity index (χ0) is 14.5. The molecule has 2 rings (SSSR count). The van der Waals surface area contributed by atoms with Gasteiger partial charge in [0.15, 0.2) is 0 Å². The average molecular weight is 266 g/mol. The molecule has 0 heterocycles. The van der Waals surface area contributed by atoms with Gasteiger partial charge in [-0.25, -0.2) is 9.59 Å². The molecule has 2 aliphatic carbocycles. The second kappa shape index (κ2) is 11.3. The first-order valence-electron chi connectivity index (χ1n) is 6.43. The lowest BCUT2D eigenvalue weighted by Gasteiger charge is -1.97. The Hall–Kier alpha value is -1.84. The molecule has 106 valence electrons. The molecule has 0 aromatic heterocycles. The number of carbonyl (C=O) groups is 2. The van der Waals surface area contributed by atoms with Crippen LogP contribution >= 0.6 is 0 Å². The highest BCUT2D eigenvalue weighted by atomic mass is 16.5. The number of esters is 1. The third-order valence-corrected chi connectivity index (χ3v) is 2.31. The summed E-state index contributed by atoms with van der Waals surface area (Å²) in [5, 5.41) is 7.60. The largest absolute Gasteiger partial charge is 0.478 e. The first-order chi connectivity index (χ1) is 9.10. The Labute approximate surface area is 114 Å². The minimum absolute atomic E-state index is 0.209. The molecule has 19 heavy (non-hydrogen) atoms. The van der Waals surface area contributed by atoms with Crippen LogP contribution in [-0.2, 0) is 14.3 Å². The molecule has 0 aromatic carbocycles. The van der Waals surface area contributed by atoms with Crippen LogP contribution in [-0.4, -0.2) is 23.1 Å². The molecule has 1 N–H and O–H groups in total. The highest BCUT2D eigenvalue weighted by Gasteiger charge is 2.24. The van der Waals surface area contributed by atoms with Gasteiger partial charge in [-0.1, -0.05) is 25.3 Å². The fourth-order valence-corrected chi connectivity index (χ4v) is 1.16. The minimum atomic E-state index is -0.981. The maximum absolute atomic E-state index is 10.3. The van der Waals surface area contributed by atoms with E-state index in [9.17, 15) is 9.59 Å². The van der Waals surface area contributed by atoms with Crippen LogP contribution in [0.3, 0.4) is 0 Å². The van der Waals surface area contributed by atoms with E-state index < -0.39 is 5.97 Å². The van der Waals surface area contributed by atoms with Crippen molar-refractivity contribution in [2.45, 2.75) is 44.6 Å². The molecule has 0 radical (unpaired) electrons. The molecule has 0 atom stereocenters. The van der Waals surface area contributed by atoms with Gasteiger partial charge in [0, 0.05) is 12.2 Å². The highest BCUT2D eigenvalue weighted by Crippen LogP contribution is 2.23. The van der Waals surface area contributed by atoms with Gasteiger partial charge in [0.1, 0.15) is 6.10 Å². The van der Waals surface area contributed by atoms with Crippen molar-refractivity contribution in [3.8, 4) is 0 Å². The van der Waals surface area contributed by atoms with E-state index in [4.69, 9.17) is 9.84 Å². The van der Waals surface area contributed by atoms with Crippen molar-refractivity contribution in [2.75, 3.05) is 0 Å². The normalized spacial score (nSPS) is 15.8. The molecule has 0 amide bonds. The molecule has 0 saturated heterocycles. The predicted molar refractivity (Wildman–Crippen MR) is 74.8 cm³/mol. The molecule has 0 spiro atoms. The van der Waals surface area contributed by atoms with E-state index in [1.54, 1.807) is 0 Å². The summed E-state index contributed by atoms with van der Waals surface area (Å²) in [7, 11) is 0. The first kappa shape index (κ1) is 17.2. The summed E-state index contributed by atoms with van der Waals surface area (Å²) in [4.78, 5) is 19.6. The van der Waals surface area contributed by atoms with Crippen LogP contribution in [0, 0.1) is 0 Å². The Bertz CT molecular complexity index is 319. The van der Waals surface area contributed by atoms with E-state index in [2.05, 4.69) is 25.3 Å². The number of aliphatic carboxylic acids is 1. The second-order valence-corrected chi connectivity index (χ2v) is 4.14. The number of rotatable bonds is 3. The average Bonchev–Trinajstić information content (AvgIpc) is 3.26. The molecular weight excluding hydrogens is 244 g/mol. The quantitative estimate of drug-likeness (QED) is 0.484. The number of carbonyl (C=O) groups excluding carboxylic acids is 1. The van der Waals surface area contributed by atoms with E-state index >= 15 is 0 Å². The molecular formula is C15H22O4. The van der Waals surface area contributed by atoms with E-state index in [0.717, 1.165) is 18.9 Å². The summed E-state index contributed by atoms with van der Waals surface area (Å²) in [6, 6.07) is 0. The number of hydrogen-bond acceptors (Lipinski definition) is 3. The number of ether oxygens (including phenoxy) is 1. The monoisotopic (exact) mass is 266 g/mol. The smallest absolute Gasteiger partial charge is 0.330 e. The summed E-state index contributed by atoms with van der Waals surface area (Å²) < 4.78 is 4.75. The zero-order valence-electron chi connectivity index (χ0n) is 11.2. The third kappa shape index (κ3) is 14.1. The minimum Gasteiger partial charge on any atom is -0.478 e. The Morgan fingerprint density at radius 1 is 1.11 bits per heavy atom. The van der Waals surface area contributed by atoms with Gasteiger partial charge >= 0.3 is 11.9 Å². The van der Waals surface area contributed by atoms with Crippen LogP contribution in [0.4, 0.5) is 0 Å². The van der Waals surface area contributed by atoms with Crippen LogP contribution in [0.15, 0.2) is 37.5 Å². The maximum atomic E-state index is 10.3. The van der Waals surface area contributed by atoms with E-state index in [0.29, 0.717) is 0 Å². The lowest BCUT2D eigenvalue weighted by Crippen LogP contribution is -2.00. The Kier molecular flexibility index (Phi) is 10.2. The van der Waals surface area contributed by atoms with E-state index in [1.165, 1.54) is 31.8 Å². The topological polar surface area (TPSA) is 63.6 Å². The van der Waals surface area contributed by atoms with Gasteiger partial charge in [0.25, 0.3) is 0 Å². The van der Waals surface area contributed by atoms with E-state index in [-0.39, 0.29) is 12.1 Å². The fraction of sp³-hybridized carbons (Fsp3) is 0.467. The number of allylic oxidation sites excluding steroid dienone is 2.